The van der Waals surface area contributed by atoms with E-state index in [1.54, 1.807) is 0 Å². The average Bonchev–Trinajstić information content (AvgIpc) is 3.22. The Labute approximate surface area is 189 Å². The maximum Gasteiger partial charge on any atom is 0.164 e. The molecule has 5 nitrogen and oxygen atoms in total. The number of fused-ring (bicyclic) bond motifs is 1. The highest BCUT2D eigenvalue weighted by atomic mass is 16.1. The molecule has 1 aromatic heterocycles. The Kier molecular flexibility index (Phi) is 4.70. The lowest BCUT2D eigenvalue weighted by Crippen LogP contribution is -2.51. The van der Waals surface area contributed by atoms with Gasteiger partial charge in [-0.25, -0.2) is 0 Å². The first kappa shape index (κ1) is 20.8. The van der Waals surface area contributed by atoms with E-state index in [-0.39, 0.29) is 17.4 Å². The van der Waals surface area contributed by atoms with Gasteiger partial charge >= 0.3 is 0 Å². The molecule has 5 rings (SSSR count). The monoisotopic (exact) mass is 426 g/mol. The zero-order chi connectivity index (χ0) is 22.7. The number of carbonyl (C=O) groups is 1. The lowest BCUT2D eigenvalue weighted by molar-refractivity contribution is -0.119. The second-order valence-electron chi connectivity index (χ2n) is 10.1. The molecule has 164 valence electrons. The van der Waals surface area contributed by atoms with Crippen LogP contribution in [0.5, 0.6) is 0 Å². The van der Waals surface area contributed by atoms with E-state index in [0.717, 1.165) is 52.1 Å². The van der Waals surface area contributed by atoms with E-state index in [9.17, 15) is 4.79 Å². The maximum atomic E-state index is 13.6. The summed E-state index contributed by atoms with van der Waals surface area (Å²) in [4.78, 5) is 18.1. The molecule has 1 aromatic carbocycles. The van der Waals surface area contributed by atoms with Crippen molar-refractivity contribution in [2.45, 2.75) is 65.5 Å². The standard InChI is InChI=1S/C27H30N4O/c1-6-27(19-9-7-8-18(11-19)20-10-17(3)28-14-16(20)2)21-15-29-31-25(21)30-22-12-26(4,5)13-23(32)24(22)27/h7-11,14-15,25,30H,6,12-13H2,1-5H3/t25?,27-/m0/s1. The zero-order valence-corrected chi connectivity index (χ0v) is 19.5. The molecule has 0 saturated carbocycles. The van der Waals surface area contributed by atoms with Crippen molar-refractivity contribution in [1.82, 2.24) is 10.3 Å². The van der Waals surface area contributed by atoms with Crippen LogP contribution < -0.4 is 5.32 Å². The van der Waals surface area contributed by atoms with Crippen LogP contribution in [0.1, 0.15) is 56.9 Å². The fraction of sp³-hybridized carbons (Fsp3) is 0.407. The number of rotatable bonds is 3. The molecule has 0 bridgehead atoms. The fourth-order valence-electron chi connectivity index (χ4n) is 5.78. The normalized spacial score (nSPS) is 25.8. The second kappa shape index (κ2) is 7.22. The van der Waals surface area contributed by atoms with Crippen molar-refractivity contribution in [3.8, 4) is 11.1 Å². The van der Waals surface area contributed by atoms with Gasteiger partial charge in [0.1, 0.15) is 0 Å². The van der Waals surface area contributed by atoms with Gasteiger partial charge in [0.2, 0.25) is 0 Å². The van der Waals surface area contributed by atoms with E-state index in [4.69, 9.17) is 0 Å². The van der Waals surface area contributed by atoms with Gasteiger partial charge in [0.25, 0.3) is 0 Å². The Balaban J connectivity index is 1.74. The van der Waals surface area contributed by atoms with Crippen molar-refractivity contribution in [1.29, 1.82) is 0 Å². The van der Waals surface area contributed by atoms with E-state index in [2.05, 4.69) is 78.6 Å². The predicted molar refractivity (Wildman–Crippen MR) is 126 cm³/mol. The third-order valence-electron chi connectivity index (χ3n) is 7.22. The summed E-state index contributed by atoms with van der Waals surface area (Å²) in [5.41, 5.74) is 8.04. The summed E-state index contributed by atoms with van der Waals surface area (Å²) in [7, 11) is 0. The number of azo groups is 1. The number of hydrogen-bond donors (Lipinski definition) is 1. The van der Waals surface area contributed by atoms with Crippen molar-refractivity contribution in [3.05, 3.63) is 76.4 Å². The Morgan fingerprint density at radius 1 is 1.16 bits per heavy atom. The number of allylic oxidation sites excluding steroid dienone is 2. The number of pyridine rings is 1. The average molecular weight is 427 g/mol. The number of carbonyl (C=O) groups excluding carboxylic acids is 1. The van der Waals surface area contributed by atoms with Crippen LogP contribution >= 0.6 is 0 Å². The van der Waals surface area contributed by atoms with Gasteiger partial charge in [0.15, 0.2) is 11.9 Å². The molecular formula is C27H30N4O. The van der Waals surface area contributed by atoms with Crippen LogP contribution in [0.25, 0.3) is 11.1 Å². The van der Waals surface area contributed by atoms with Crippen LogP contribution in [0.15, 0.2) is 69.8 Å². The topological polar surface area (TPSA) is 66.7 Å². The minimum atomic E-state index is -0.520. The first-order valence-corrected chi connectivity index (χ1v) is 11.4. The second-order valence-corrected chi connectivity index (χ2v) is 10.1. The highest BCUT2D eigenvalue weighted by Crippen LogP contribution is 2.54. The summed E-state index contributed by atoms with van der Waals surface area (Å²) < 4.78 is 0. The Bertz CT molecular complexity index is 1220. The van der Waals surface area contributed by atoms with E-state index < -0.39 is 5.41 Å². The zero-order valence-electron chi connectivity index (χ0n) is 19.5. The molecule has 32 heavy (non-hydrogen) atoms. The summed E-state index contributed by atoms with van der Waals surface area (Å²) in [6.07, 6.45) is 5.78. The van der Waals surface area contributed by atoms with Gasteiger partial charge in [-0.2, -0.15) is 10.2 Å². The number of nitrogens with zero attached hydrogens (tertiary/aromatic N) is 3. The third kappa shape index (κ3) is 3.06. The molecule has 2 aromatic rings. The maximum absolute atomic E-state index is 13.6. The Hall–Kier alpha value is -3.08. The van der Waals surface area contributed by atoms with Crippen LogP contribution in [0.4, 0.5) is 0 Å². The first-order chi connectivity index (χ1) is 15.2. The van der Waals surface area contributed by atoms with E-state index in [0.29, 0.717) is 6.42 Å². The molecule has 3 aliphatic rings. The lowest BCUT2D eigenvalue weighted by Gasteiger charge is -2.47. The molecule has 1 aliphatic carbocycles. The number of nitrogens with one attached hydrogen (secondary N) is 1. The number of aryl methyl sites for hydroxylation is 2. The van der Waals surface area contributed by atoms with Crippen LogP contribution in [-0.2, 0) is 10.2 Å². The summed E-state index contributed by atoms with van der Waals surface area (Å²) in [5.74, 6) is 0.234. The SMILES string of the molecule is CC[C@]1(c2cccc(-c3cc(C)ncc3C)c2)C2=CN=NC2NC2=C1C(=O)CC(C)(C)C2. The number of hydrogen-bond acceptors (Lipinski definition) is 5. The minimum Gasteiger partial charge on any atom is -0.362 e. The van der Waals surface area contributed by atoms with Gasteiger partial charge < -0.3 is 5.32 Å². The van der Waals surface area contributed by atoms with E-state index in [1.165, 1.54) is 5.56 Å². The number of Topliss-reactive ketones (excluding diaryl/α,β-unsaturated/α-hetero) is 1. The molecule has 0 radical (unpaired) electrons. The molecule has 5 heteroatoms. The van der Waals surface area contributed by atoms with E-state index in [1.807, 2.05) is 19.3 Å². The summed E-state index contributed by atoms with van der Waals surface area (Å²) in [5, 5.41) is 12.3. The van der Waals surface area contributed by atoms with Crippen LogP contribution in [0, 0.1) is 19.3 Å². The Morgan fingerprint density at radius 3 is 2.75 bits per heavy atom. The van der Waals surface area contributed by atoms with Gasteiger partial charge in [-0.15, -0.1) is 0 Å². The smallest absolute Gasteiger partial charge is 0.164 e. The van der Waals surface area contributed by atoms with Crippen molar-refractivity contribution < 1.29 is 4.79 Å². The molecular weight excluding hydrogens is 396 g/mol. The van der Waals surface area contributed by atoms with Crippen molar-refractivity contribution in [2.24, 2.45) is 15.6 Å². The highest BCUT2D eigenvalue weighted by molar-refractivity contribution is 6.01. The minimum absolute atomic E-state index is 0.0626. The van der Waals surface area contributed by atoms with Crippen LogP contribution in [0.3, 0.4) is 0 Å². The van der Waals surface area contributed by atoms with Gasteiger partial charge in [-0.05, 0) is 66.5 Å². The molecule has 2 atom stereocenters. The quantitative estimate of drug-likeness (QED) is 0.661. The number of aromatic nitrogens is 1. The number of benzene rings is 1. The first-order valence-electron chi connectivity index (χ1n) is 11.4. The number of ketones is 1. The molecule has 0 amide bonds. The molecule has 0 saturated heterocycles. The van der Waals surface area contributed by atoms with Gasteiger partial charge in [0, 0.05) is 35.2 Å². The largest absolute Gasteiger partial charge is 0.362 e. The van der Waals surface area contributed by atoms with Gasteiger partial charge in [-0.1, -0.05) is 39.0 Å². The predicted octanol–water partition coefficient (Wildman–Crippen LogP) is 5.94. The molecule has 0 spiro atoms. The highest BCUT2D eigenvalue weighted by Gasteiger charge is 2.52. The van der Waals surface area contributed by atoms with Crippen LogP contribution in [0.2, 0.25) is 0 Å². The van der Waals surface area contributed by atoms with Crippen molar-refractivity contribution >= 4 is 5.78 Å². The summed E-state index contributed by atoms with van der Waals surface area (Å²) >= 11 is 0. The lowest BCUT2D eigenvalue weighted by atomic mass is 9.58. The van der Waals surface area contributed by atoms with Crippen molar-refractivity contribution in [3.63, 3.8) is 0 Å². The van der Waals surface area contributed by atoms with E-state index >= 15 is 0 Å². The summed E-state index contributed by atoms with van der Waals surface area (Å²) in [6.45, 7) is 10.6. The van der Waals surface area contributed by atoms with Crippen LogP contribution in [-0.4, -0.2) is 16.9 Å². The van der Waals surface area contributed by atoms with Crippen molar-refractivity contribution in [2.75, 3.05) is 0 Å². The Morgan fingerprint density at radius 2 is 1.97 bits per heavy atom. The molecule has 3 heterocycles. The summed E-state index contributed by atoms with van der Waals surface area (Å²) in [6, 6.07) is 10.8. The molecule has 1 unspecified atom stereocenters. The molecule has 2 aliphatic heterocycles. The van der Waals surface area contributed by atoms with Gasteiger partial charge in [0.05, 0.1) is 11.6 Å². The van der Waals surface area contributed by atoms with Gasteiger partial charge in [-0.3, -0.25) is 9.78 Å². The third-order valence-corrected chi connectivity index (χ3v) is 7.22. The molecule has 1 N–H and O–H groups in total. The fourth-order valence-corrected chi connectivity index (χ4v) is 5.78. The molecule has 0 fully saturated rings.